The van der Waals surface area contributed by atoms with Crippen LogP contribution >= 0.6 is 0 Å². The Labute approximate surface area is 73.9 Å². The highest BCUT2D eigenvalue weighted by Crippen LogP contribution is 2.32. The van der Waals surface area contributed by atoms with Crippen LogP contribution in [0.4, 0.5) is 0 Å². The van der Waals surface area contributed by atoms with E-state index in [1.165, 1.54) is 11.1 Å². The summed E-state index contributed by atoms with van der Waals surface area (Å²) in [6.45, 7) is 4.49. The first-order valence-electron chi connectivity index (χ1n) is 4.32. The first-order valence-corrected chi connectivity index (χ1v) is 4.32. The van der Waals surface area contributed by atoms with Crippen LogP contribution in [-0.2, 0) is 5.41 Å². The molecule has 1 aromatic carbocycles. The molecule has 0 fully saturated rings. The van der Waals surface area contributed by atoms with Crippen molar-refractivity contribution in [1.82, 2.24) is 0 Å². The van der Waals surface area contributed by atoms with E-state index in [0.29, 0.717) is 0 Å². The first kappa shape index (κ1) is 7.48. The van der Waals surface area contributed by atoms with Crippen LogP contribution in [0.2, 0.25) is 0 Å². The number of allylic oxidation sites excluding steroid dienone is 2. The first-order chi connectivity index (χ1) is 5.70. The normalized spacial score (nSPS) is 18.2. The summed E-state index contributed by atoms with van der Waals surface area (Å²) in [5.74, 6) is 0. The predicted octanol–water partition coefficient (Wildman–Crippen LogP) is 3.09. The van der Waals surface area contributed by atoms with Gasteiger partial charge in [0.1, 0.15) is 0 Å². The number of rotatable bonds is 0. The Kier molecular flexibility index (Phi) is 1.50. The monoisotopic (exact) mass is 157 g/mol. The third-order valence-corrected chi connectivity index (χ3v) is 2.44. The molecule has 1 aliphatic rings. The Balaban J connectivity index is 2.58. The van der Waals surface area contributed by atoms with E-state index in [4.69, 9.17) is 0 Å². The lowest BCUT2D eigenvalue weighted by molar-refractivity contribution is 0.658. The van der Waals surface area contributed by atoms with Crippen molar-refractivity contribution in [3.05, 3.63) is 54.0 Å². The molecular formula is C12H13-. The van der Waals surface area contributed by atoms with Gasteiger partial charge in [-0.05, 0) is 0 Å². The molecule has 12 heavy (non-hydrogen) atoms. The van der Waals surface area contributed by atoms with Gasteiger partial charge in [0, 0.05) is 0 Å². The van der Waals surface area contributed by atoms with Crippen molar-refractivity contribution in [1.29, 1.82) is 0 Å². The minimum Gasteiger partial charge on any atom is -0.153 e. The van der Waals surface area contributed by atoms with Gasteiger partial charge in [0.15, 0.2) is 0 Å². The van der Waals surface area contributed by atoms with Crippen LogP contribution < -0.4 is 0 Å². The average molecular weight is 157 g/mol. The smallest absolute Gasteiger partial charge is 0.0587 e. The summed E-state index contributed by atoms with van der Waals surface area (Å²) in [6.07, 6.45) is 6.55. The molecule has 0 radical (unpaired) electrons. The number of hydrogen-bond acceptors (Lipinski definition) is 0. The minimum absolute atomic E-state index is 0.200. The van der Waals surface area contributed by atoms with Gasteiger partial charge in [-0.3, -0.25) is 0 Å². The highest BCUT2D eigenvalue weighted by atomic mass is 14.3. The Bertz CT molecular complexity index is 319. The number of fused-ring (bicyclic) bond motifs is 1. The van der Waals surface area contributed by atoms with Gasteiger partial charge in [0.25, 0.3) is 0 Å². The Morgan fingerprint density at radius 3 is 2.67 bits per heavy atom. The van der Waals surface area contributed by atoms with Gasteiger partial charge in [-0.25, -0.2) is 0 Å². The van der Waals surface area contributed by atoms with Crippen molar-refractivity contribution < 1.29 is 0 Å². The van der Waals surface area contributed by atoms with Crippen LogP contribution in [-0.4, -0.2) is 0 Å². The fourth-order valence-corrected chi connectivity index (χ4v) is 1.71. The maximum Gasteiger partial charge on any atom is -0.0587 e. The summed E-state index contributed by atoms with van der Waals surface area (Å²) < 4.78 is 0. The molecule has 0 bridgehead atoms. The zero-order valence-corrected chi connectivity index (χ0v) is 7.54. The Morgan fingerprint density at radius 2 is 1.92 bits per heavy atom. The molecule has 0 aliphatic heterocycles. The molecule has 0 nitrogen and oxygen atoms in total. The van der Waals surface area contributed by atoms with E-state index in [1.54, 1.807) is 0 Å². The second-order valence-corrected chi connectivity index (χ2v) is 3.83. The molecule has 0 aromatic heterocycles. The summed E-state index contributed by atoms with van der Waals surface area (Å²) >= 11 is 0. The predicted molar refractivity (Wildman–Crippen MR) is 52.0 cm³/mol. The molecule has 0 atom stereocenters. The highest BCUT2D eigenvalue weighted by molar-refractivity contribution is 5.46. The van der Waals surface area contributed by atoms with Gasteiger partial charge >= 0.3 is 0 Å². The van der Waals surface area contributed by atoms with E-state index in [9.17, 15) is 0 Å². The van der Waals surface area contributed by atoms with Crippen molar-refractivity contribution in [2.24, 2.45) is 0 Å². The van der Waals surface area contributed by atoms with Crippen LogP contribution in [0.25, 0.3) is 0 Å². The maximum atomic E-state index is 2.25. The highest BCUT2D eigenvalue weighted by Gasteiger charge is 2.14. The molecule has 0 amide bonds. The molecule has 0 N–H and O–H groups in total. The second-order valence-electron chi connectivity index (χ2n) is 3.83. The standard InChI is InChI=1S/C12H13/c1-12(2)9-5-7-10-6-3-4-8-11(10)12/h3-9H,1-2H3/q-1. The van der Waals surface area contributed by atoms with E-state index in [0.717, 1.165) is 0 Å². The van der Waals surface area contributed by atoms with Crippen molar-refractivity contribution in [2.75, 3.05) is 0 Å². The lowest BCUT2D eigenvalue weighted by Gasteiger charge is -2.34. The molecule has 0 heterocycles. The van der Waals surface area contributed by atoms with E-state index in [1.807, 2.05) is 0 Å². The summed E-state index contributed by atoms with van der Waals surface area (Å²) in [5, 5.41) is 0. The van der Waals surface area contributed by atoms with Crippen LogP contribution in [0.15, 0.2) is 36.4 Å². The second kappa shape index (κ2) is 2.41. The van der Waals surface area contributed by atoms with Crippen molar-refractivity contribution in [3.63, 3.8) is 0 Å². The number of benzene rings is 1. The minimum atomic E-state index is 0.200. The third-order valence-electron chi connectivity index (χ3n) is 2.44. The Hall–Kier alpha value is -1.17. The topological polar surface area (TPSA) is 0 Å². The van der Waals surface area contributed by atoms with Gasteiger partial charge in [0.2, 0.25) is 0 Å². The van der Waals surface area contributed by atoms with Gasteiger partial charge in [-0.1, -0.05) is 25.3 Å². The summed E-state index contributed by atoms with van der Waals surface area (Å²) in [5.41, 5.74) is 2.98. The third kappa shape index (κ3) is 1.04. The Morgan fingerprint density at radius 1 is 1.17 bits per heavy atom. The fraction of sp³-hybridized carbons (Fsp3) is 0.250. The average Bonchev–Trinajstić information content (AvgIpc) is 2.04. The zero-order valence-electron chi connectivity index (χ0n) is 7.54. The molecule has 0 heteroatoms. The fourth-order valence-electron chi connectivity index (χ4n) is 1.71. The van der Waals surface area contributed by atoms with E-state index < -0.39 is 0 Å². The van der Waals surface area contributed by atoms with Gasteiger partial charge in [0.05, 0.1) is 0 Å². The molecule has 1 aromatic rings. The zero-order chi connectivity index (χ0) is 8.60. The van der Waals surface area contributed by atoms with Crippen LogP contribution in [0, 0.1) is 6.42 Å². The largest absolute Gasteiger partial charge is 0.153 e. The summed E-state index contributed by atoms with van der Waals surface area (Å²) in [7, 11) is 0. The van der Waals surface area contributed by atoms with Crippen molar-refractivity contribution in [3.8, 4) is 0 Å². The molecule has 2 rings (SSSR count). The molecular weight excluding hydrogens is 144 g/mol. The van der Waals surface area contributed by atoms with Crippen LogP contribution in [0.5, 0.6) is 0 Å². The lowest BCUT2D eigenvalue weighted by atomic mass is 9.77. The molecule has 0 unspecified atom stereocenters. The van der Waals surface area contributed by atoms with Crippen LogP contribution in [0.1, 0.15) is 25.0 Å². The van der Waals surface area contributed by atoms with Gasteiger partial charge in [-0.15, -0.1) is 41.8 Å². The van der Waals surface area contributed by atoms with E-state index in [-0.39, 0.29) is 5.41 Å². The van der Waals surface area contributed by atoms with Gasteiger partial charge < -0.3 is 0 Å². The molecule has 1 aliphatic carbocycles. The molecule has 0 spiro atoms. The molecule has 62 valence electrons. The summed E-state index contributed by atoms with van der Waals surface area (Å²) in [6, 6.07) is 8.56. The maximum absolute atomic E-state index is 2.25. The van der Waals surface area contributed by atoms with E-state index >= 15 is 0 Å². The number of hydrogen-bond donors (Lipinski definition) is 0. The molecule has 0 saturated heterocycles. The quantitative estimate of drug-likeness (QED) is 0.508. The SMILES string of the molecule is CC1(C)C=C[CH-]c2ccccc21. The lowest BCUT2D eigenvalue weighted by Crippen LogP contribution is -2.18. The van der Waals surface area contributed by atoms with Crippen LogP contribution in [0.3, 0.4) is 0 Å². The van der Waals surface area contributed by atoms with Gasteiger partial charge in [-0.2, -0.15) is 6.08 Å². The van der Waals surface area contributed by atoms with Crippen molar-refractivity contribution >= 4 is 0 Å². The van der Waals surface area contributed by atoms with E-state index in [2.05, 4.69) is 56.7 Å². The summed E-state index contributed by atoms with van der Waals surface area (Å²) in [4.78, 5) is 0. The van der Waals surface area contributed by atoms with Crippen molar-refractivity contribution in [2.45, 2.75) is 19.3 Å². The molecule has 0 saturated carbocycles.